The number of carbonyl (C=O) groups is 2. The second-order valence-electron chi connectivity index (χ2n) is 7.87. The van der Waals surface area contributed by atoms with E-state index in [0.717, 1.165) is 12.3 Å². The van der Waals surface area contributed by atoms with E-state index in [1.807, 2.05) is 0 Å². The summed E-state index contributed by atoms with van der Waals surface area (Å²) in [4.78, 5) is 48.6. The Bertz CT molecular complexity index is 940. The first-order valence-electron chi connectivity index (χ1n) is 10.3. The second-order valence-corrected chi connectivity index (χ2v) is 7.87. The summed E-state index contributed by atoms with van der Waals surface area (Å²) in [7, 11) is 0. The molecular weight excluding hydrogens is 431 g/mol. The molecule has 0 saturated carbocycles. The number of alkyl halides is 1. The average Bonchev–Trinajstić information content (AvgIpc) is 2.97. The van der Waals surface area contributed by atoms with Gasteiger partial charge in [-0.1, -0.05) is 27.7 Å². The Morgan fingerprint density at radius 2 is 1.81 bits per heavy atom. The van der Waals surface area contributed by atoms with E-state index in [1.54, 1.807) is 13.8 Å². The van der Waals surface area contributed by atoms with Crippen molar-refractivity contribution in [2.75, 3.05) is 6.61 Å². The summed E-state index contributed by atoms with van der Waals surface area (Å²) < 4.78 is 31.2. The highest BCUT2D eigenvalue weighted by molar-refractivity contribution is 5.72. The van der Waals surface area contributed by atoms with Crippen molar-refractivity contribution in [3.8, 4) is 0 Å². The fraction of sp³-hybridized carbons (Fsp3) is 0.700. The highest BCUT2D eigenvalue weighted by Gasteiger charge is 2.57. The molecule has 0 bridgehead atoms. The molecule has 2 heterocycles. The van der Waals surface area contributed by atoms with Crippen LogP contribution in [0.4, 0.5) is 4.39 Å². The topological polar surface area (TPSA) is 146 Å². The van der Waals surface area contributed by atoms with Crippen LogP contribution < -0.4 is 11.2 Å². The normalized spacial score (nSPS) is 25.3. The van der Waals surface area contributed by atoms with E-state index in [-0.39, 0.29) is 0 Å². The maximum absolute atomic E-state index is 15.1. The minimum atomic E-state index is -2.99. The van der Waals surface area contributed by atoms with Gasteiger partial charge in [0.25, 0.3) is 11.4 Å². The van der Waals surface area contributed by atoms with Crippen LogP contribution in [0.5, 0.6) is 0 Å². The monoisotopic (exact) mass is 460 g/mol. The van der Waals surface area contributed by atoms with Crippen molar-refractivity contribution in [1.29, 1.82) is 0 Å². The molecule has 0 spiro atoms. The average molecular weight is 460 g/mol. The smallest absolute Gasteiger partial charge is 0.335 e. The van der Waals surface area contributed by atoms with Gasteiger partial charge in [0.15, 0.2) is 19.6 Å². The molecule has 1 aromatic heterocycles. The third-order valence-corrected chi connectivity index (χ3v) is 5.28. The van der Waals surface area contributed by atoms with Gasteiger partial charge in [0.2, 0.25) is 0 Å². The van der Waals surface area contributed by atoms with Gasteiger partial charge >= 0.3 is 17.6 Å². The standard InChI is InChI=1S/C20H29FN2O9/c1-5-12(6-2)18(28)31-10-23-13(24)7-8-22(19(23)29)16-14(25)15(26)20(21,32-16)9-30-17(27)11(3)4/h7-8,11-12,14-16,25-26H,5-6,9-10H2,1-4H3/t14-,15+,16-,20-/m1/s1. The zero-order valence-electron chi connectivity index (χ0n) is 18.4. The fourth-order valence-electron chi connectivity index (χ4n) is 3.14. The number of hydrogen-bond donors (Lipinski definition) is 2. The van der Waals surface area contributed by atoms with Crippen LogP contribution in [-0.2, 0) is 30.5 Å². The Morgan fingerprint density at radius 1 is 1.19 bits per heavy atom. The maximum atomic E-state index is 15.1. The molecule has 0 radical (unpaired) electrons. The lowest BCUT2D eigenvalue weighted by atomic mass is 10.0. The predicted octanol–water partition coefficient (Wildman–Crippen LogP) is 0.0625. The number of aromatic nitrogens is 2. The van der Waals surface area contributed by atoms with Gasteiger partial charge in [-0.05, 0) is 12.8 Å². The first-order chi connectivity index (χ1) is 15.0. The maximum Gasteiger partial charge on any atom is 0.335 e. The zero-order chi connectivity index (χ0) is 24.2. The molecule has 32 heavy (non-hydrogen) atoms. The first-order valence-corrected chi connectivity index (χ1v) is 10.3. The van der Waals surface area contributed by atoms with Gasteiger partial charge in [0.05, 0.1) is 11.8 Å². The highest BCUT2D eigenvalue weighted by Crippen LogP contribution is 2.38. The molecule has 0 aromatic carbocycles. The molecule has 11 nitrogen and oxygen atoms in total. The summed E-state index contributed by atoms with van der Waals surface area (Å²) in [5, 5.41) is 20.4. The second kappa shape index (κ2) is 10.4. The van der Waals surface area contributed by atoms with Gasteiger partial charge in [-0.2, -0.15) is 0 Å². The van der Waals surface area contributed by atoms with Gasteiger partial charge in [0, 0.05) is 12.3 Å². The van der Waals surface area contributed by atoms with Crippen LogP contribution in [0.25, 0.3) is 0 Å². The molecule has 180 valence electrons. The molecule has 0 amide bonds. The van der Waals surface area contributed by atoms with Crippen molar-refractivity contribution in [2.24, 2.45) is 11.8 Å². The third kappa shape index (κ3) is 5.25. The van der Waals surface area contributed by atoms with Crippen LogP contribution in [0.15, 0.2) is 21.9 Å². The molecule has 0 aliphatic carbocycles. The Balaban J connectivity index is 2.25. The van der Waals surface area contributed by atoms with E-state index < -0.39 is 72.7 Å². The van der Waals surface area contributed by atoms with E-state index in [0.29, 0.717) is 22.0 Å². The van der Waals surface area contributed by atoms with Crippen LogP contribution in [0.3, 0.4) is 0 Å². The van der Waals surface area contributed by atoms with Crippen LogP contribution in [0.2, 0.25) is 0 Å². The Hall–Kier alpha value is -2.57. The van der Waals surface area contributed by atoms with Crippen molar-refractivity contribution < 1.29 is 38.4 Å². The highest BCUT2D eigenvalue weighted by atomic mass is 19.2. The molecule has 2 rings (SSSR count). The molecule has 1 aromatic rings. The van der Waals surface area contributed by atoms with E-state index >= 15 is 4.39 Å². The summed E-state index contributed by atoms with van der Waals surface area (Å²) in [6.07, 6.45) is -3.81. The number of aliphatic hydroxyl groups is 2. The Morgan fingerprint density at radius 3 is 2.38 bits per heavy atom. The van der Waals surface area contributed by atoms with Crippen LogP contribution in [0.1, 0.15) is 46.8 Å². The molecule has 1 aliphatic rings. The molecule has 0 unspecified atom stereocenters. The van der Waals surface area contributed by atoms with E-state index in [1.165, 1.54) is 13.8 Å². The van der Waals surface area contributed by atoms with Gasteiger partial charge < -0.3 is 24.4 Å². The number of nitrogens with zero attached hydrogens (tertiary/aromatic N) is 2. The summed E-state index contributed by atoms with van der Waals surface area (Å²) in [6.45, 7) is 4.93. The third-order valence-electron chi connectivity index (χ3n) is 5.28. The van der Waals surface area contributed by atoms with Crippen LogP contribution >= 0.6 is 0 Å². The Kier molecular flexibility index (Phi) is 8.32. The van der Waals surface area contributed by atoms with Crippen molar-refractivity contribution >= 4 is 11.9 Å². The van der Waals surface area contributed by atoms with Crippen LogP contribution in [-0.4, -0.2) is 56.0 Å². The molecule has 1 fully saturated rings. The number of aliphatic hydroxyl groups excluding tert-OH is 2. The van der Waals surface area contributed by atoms with Crippen molar-refractivity contribution in [3.05, 3.63) is 33.1 Å². The minimum absolute atomic E-state index is 0.396. The molecule has 2 N–H and O–H groups in total. The van der Waals surface area contributed by atoms with Crippen molar-refractivity contribution in [3.63, 3.8) is 0 Å². The molecule has 12 heteroatoms. The number of carbonyl (C=O) groups excluding carboxylic acids is 2. The van der Waals surface area contributed by atoms with Crippen molar-refractivity contribution in [1.82, 2.24) is 9.13 Å². The SMILES string of the molecule is CCC(CC)C(=O)OCn1c(=O)ccn([C@@H]2O[C@](F)(COC(=O)C(C)C)[C@@H](O)[C@H]2O)c1=O. The quantitative estimate of drug-likeness (QED) is 0.489. The first kappa shape index (κ1) is 25.7. The molecule has 4 atom stereocenters. The summed E-state index contributed by atoms with van der Waals surface area (Å²) in [6, 6.07) is 0.936. The largest absolute Gasteiger partial charge is 0.459 e. The number of hydrogen-bond acceptors (Lipinski definition) is 9. The molecule has 1 saturated heterocycles. The Labute approximate surface area is 183 Å². The number of halogens is 1. The lowest BCUT2D eigenvalue weighted by molar-refractivity contribution is -0.218. The summed E-state index contributed by atoms with van der Waals surface area (Å²) in [5.41, 5.74) is -1.86. The van der Waals surface area contributed by atoms with Crippen molar-refractivity contribution in [2.45, 2.75) is 71.6 Å². The van der Waals surface area contributed by atoms with Gasteiger partial charge in [0.1, 0.15) is 12.2 Å². The van der Waals surface area contributed by atoms with E-state index in [9.17, 15) is 29.4 Å². The lowest BCUT2D eigenvalue weighted by Crippen LogP contribution is -2.44. The van der Waals surface area contributed by atoms with E-state index in [4.69, 9.17) is 14.2 Å². The molecular formula is C20H29FN2O9. The molecule has 1 aliphatic heterocycles. The lowest BCUT2D eigenvalue weighted by Gasteiger charge is -2.23. The van der Waals surface area contributed by atoms with Gasteiger partial charge in [-0.25, -0.2) is 13.8 Å². The van der Waals surface area contributed by atoms with Gasteiger partial charge in [-0.15, -0.1) is 0 Å². The number of rotatable bonds is 9. The fourth-order valence-corrected chi connectivity index (χ4v) is 3.14. The zero-order valence-corrected chi connectivity index (χ0v) is 18.4. The van der Waals surface area contributed by atoms with Gasteiger partial charge in [-0.3, -0.25) is 19.0 Å². The predicted molar refractivity (Wildman–Crippen MR) is 107 cm³/mol. The number of esters is 2. The number of ether oxygens (including phenoxy) is 3. The van der Waals surface area contributed by atoms with E-state index in [2.05, 4.69) is 0 Å². The van der Waals surface area contributed by atoms with Crippen LogP contribution in [0, 0.1) is 11.8 Å². The minimum Gasteiger partial charge on any atom is -0.459 e. The summed E-state index contributed by atoms with van der Waals surface area (Å²) in [5.74, 6) is -5.28. The summed E-state index contributed by atoms with van der Waals surface area (Å²) >= 11 is 0.